The molecule has 2 heterocycles. The summed E-state index contributed by atoms with van der Waals surface area (Å²) in [7, 11) is 3.25. The van der Waals surface area contributed by atoms with Crippen molar-refractivity contribution in [1.82, 2.24) is 4.57 Å². The van der Waals surface area contributed by atoms with Gasteiger partial charge in [0.05, 0.1) is 18.6 Å². The number of pyridine rings is 1. The molecule has 0 saturated heterocycles. The lowest BCUT2D eigenvalue weighted by atomic mass is 9.84. The number of nitrogens with zero attached hydrogens (tertiary/aromatic N) is 2. The lowest BCUT2D eigenvalue weighted by Gasteiger charge is -2.27. The monoisotopic (exact) mass is 323 g/mol. The molecule has 2 aromatic rings. The zero-order valence-corrected chi connectivity index (χ0v) is 13.7. The Morgan fingerprint density at radius 1 is 1.38 bits per heavy atom. The Morgan fingerprint density at radius 2 is 2.12 bits per heavy atom. The van der Waals surface area contributed by atoms with E-state index in [1.807, 2.05) is 19.1 Å². The molecule has 24 heavy (non-hydrogen) atoms. The zero-order valence-electron chi connectivity index (χ0n) is 13.7. The third-order valence-electron chi connectivity index (χ3n) is 4.28. The summed E-state index contributed by atoms with van der Waals surface area (Å²) in [6.45, 7) is 1.81. The van der Waals surface area contributed by atoms with Crippen molar-refractivity contribution in [3.63, 3.8) is 0 Å². The molecule has 2 N–H and O–H groups in total. The van der Waals surface area contributed by atoms with Gasteiger partial charge in [0.15, 0.2) is 0 Å². The minimum Gasteiger partial charge on any atom is -0.497 e. The van der Waals surface area contributed by atoms with Crippen LogP contribution >= 0.6 is 0 Å². The van der Waals surface area contributed by atoms with Crippen molar-refractivity contribution >= 4 is 0 Å². The number of rotatable bonds is 2. The summed E-state index contributed by atoms with van der Waals surface area (Å²) in [5.74, 6) is 0.457. The van der Waals surface area contributed by atoms with Crippen molar-refractivity contribution in [2.45, 2.75) is 12.8 Å². The highest BCUT2D eigenvalue weighted by Crippen LogP contribution is 2.41. The summed E-state index contributed by atoms with van der Waals surface area (Å²) in [5, 5.41) is 9.55. The van der Waals surface area contributed by atoms with E-state index in [0.717, 1.165) is 11.3 Å². The number of hydrogen-bond donors (Lipinski definition) is 1. The van der Waals surface area contributed by atoms with E-state index in [1.165, 1.54) is 4.57 Å². The van der Waals surface area contributed by atoms with Crippen LogP contribution in [0.25, 0.3) is 0 Å². The number of nitrogens with two attached hydrogens (primary N) is 1. The van der Waals surface area contributed by atoms with Crippen LogP contribution in [0, 0.1) is 18.3 Å². The summed E-state index contributed by atoms with van der Waals surface area (Å²) < 4.78 is 12.3. The van der Waals surface area contributed by atoms with Crippen LogP contribution in [0.2, 0.25) is 0 Å². The predicted molar refractivity (Wildman–Crippen MR) is 88.7 cm³/mol. The van der Waals surface area contributed by atoms with Gasteiger partial charge in [0, 0.05) is 18.8 Å². The summed E-state index contributed by atoms with van der Waals surface area (Å²) in [5.41, 5.74) is 7.85. The SMILES string of the molecule is COc1cccc([C@H]2C(C#N)=C(N)Oc3cc(C)n(C)c(=O)c32)c1. The molecule has 0 unspecified atom stereocenters. The van der Waals surface area contributed by atoms with E-state index in [-0.39, 0.29) is 17.0 Å². The molecule has 1 aliphatic heterocycles. The Bertz CT molecular complexity index is 951. The fraction of sp³-hybridized carbons (Fsp3) is 0.222. The summed E-state index contributed by atoms with van der Waals surface area (Å²) >= 11 is 0. The largest absolute Gasteiger partial charge is 0.497 e. The molecule has 6 nitrogen and oxygen atoms in total. The van der Waals surface area contributed by atoms with Gasteiger partial charge in [-0.2, -0.15) is 5.26 Å². The molecule has 122 valence electrons. The van der Waals surface area contributed by atoms with Crippen LogP contribution in [-0.2, 0) is 7.05 Å². The van der Waals surface area contributed by atoms with Crippen molar-refractivity contribution in [2.75, 3.05) is 7.11 Å². The highest BCUT2D eigenvalue weighted by atomic mass is 16.5. The second kappa shape index (κ2) is 5.78. The van der Waals surface area contributed by atoms with E-state index >= 15 is 0 Å². The van der Waals surface area contributed by atoms with Gasteiger partial charge in [0.2, 0.25) is 5.88 Å². The minimum atomic E-state index is -0.590. The van der Waals surface area contributed by atoms with Crippen LogP contribution in [0.15, 0.2) is 46.6 Å². The number of aryl methyl sites for hydroxylation is 1. The molecule has 0 bridgehead atoms. The molecule has 0 amide bonds. The van der Waals surface area contributed by atoms with Crippen LogP contribution < -0.4 is 20.8 Å². The highest BCUT2D eigenvalue weighted by Gasteiger charge is 2.34. The fourth-order valence-electron chi connectivity index (χ4n) is 2.89. The maximum absolute atomic E-state index is 12.8. The van der Waals surface area contributed by atoms with E-state index in [2.05, 4.69) is 6.07 Å². The number of aromatic nitrogens is 1. The number of allylic oxidation sites excluding steroid dienone is 1. The first-order chi connectivity index (χ1) is 11.5. The van der Waals surface area contributed by atoms with E-state index in [4.69, 9.17) is 15.2 Å². The molecule has 1 aromatic heterocycles. The van der Waals surface area contributed by atoms with Gasteiger partial charge >= 0.3 is 0 Å². The first-order valence-electron chi connectivity index (χ1n) is 7.40. The van der Waals surface area contributed by atoms with Crippen LogP contribution in [-0.4, -0.2) is 11.7 Å². The van der Waals surface area contributed by atoms with Gasteiger partial charge in [0.1, 0.15) is 23.1 Å². The molecule has 3 rings (SSSR count). The van der Waals surface area contributed by atoms with Crippen LogP contribution in [0.5, 0.6) is 11.5 Å². The van der Waals surface area contributed by atoms with Gasteiger partial charge in [-0.05, 0) is 24.6 Å². The van der Waals surface area contributed by atoms with Crippen molar-refractivity contribution < 1.29 is 9.47 Å². The number of hydrogen-bond acceptors (Lipinski definition) is 5. The van der Waals surface area contributed by atoms with E-state index in [0.29, 0.717) is 17.1 Å². The van der Waals surface area contributed by atoms with Gasteiger partial charge in [0.25, 0.3) is 5.56 Å². The molecule has 1 aliphatic rings. The third kappa shape index (κ3) is 2.31. The van der Waals surface area contributed by atoms with Crippen LogP contribution in [0.4, 0.5) is 0 Å². The number of fused-ring (bicyclic) bond motifs is 1. The van der Waals surface area contributed by atoms with Crippen LogP contribution in [0.1, 0.15) is 22.7 Å². The molecule has 0 aliphatic carbocycles. The molecular formula is C18H17N3O3. The molecule has 0 saturated carbocycles. The normalized spacial score (nSPS) is 16.2. The Morgan fingerprint density at radius 3 is 2.79 bits per heavy atom. The Balaban J connectivity index is 2.33. The maximum Gasteiger partial charge on any atom is 0.258 e. The lowest BCUT2D eigenvalue weighted by Crippen LogP contribution is -2.31. The second-order valence-electron chi connectivity index (χ2n) is 5.63. The molecule has 1 atom stereocenters. The lowest BCUT2D eigenvalue weighted by molar-refractivity contribution is 0.388. The Hall–Kier alpha value is -3.20. The van der Waals surface area contributed by atoms with Gasteiger partial charge in [-0.25, -0.2) is 0 Å². The van der Waals surface area contributed by atoms with Crippen molar-refractivity contribution in [3.8, 4) is 17.6 Å². The van der Waals surface area contributed by atoms with Crippen molar-refractivity contribution in [1.29, 1.82) is 5.26 Å². The first kappa shape index (κ1) is 15.7. The highest BCUT2D eigenvalue weighted by molar-refractivity contribution is 5.55. The maximum atomic E-state index is 12.8. The first-order valence-corrected chi connectivity index (χ1v) is 7.40. The Labute approximate surface area is 139 Å². The number of methoxy groups -OCH3 is 1. The standard InChI is InChI=1S/C18H17N3O3/c1-10-7-14-16(18(22)21(10)2)15(13(9-19)17(20)24-14)11-5-4-6-12(8-11)23-3/h4-8,15H,20H2,1-3H3/t15-/m0/s1. The van der Waals surface area contributed by atoms with E-state index in [9.17, 15) is 10.1 Å². The predicted octanol–water partition coefficient (Wildman–Crippen LogP) is 1.92. The van der Waals surface area contributed by atoms with Crippen molar-refractivity contribution in [2.24, 2.45) is 12.8 Å². The van der Waals surface area contributed by atoms with E-state index < -0.39 is 5.92 Å². The van der Waals surface area contributed by atoms with Gasteiger partial charge < -0.3 is 19.8 Å². The summed E-state index contributed by atoms with van der Waals surface area (Å²) in [4.78, 5) is 12.8. The number of ether oxygens (including phenoxy) is 2. The quantitative estimate of drug-likeness (QED) is 0.912. The molecule has 6 heteroatoms. The van der Waals surface area contributed by atoms with Gasteiger partial charge in [-0.3, -0.25) is 4.79 Å². The molecule has 1 aromatic carbocycles. The average Bonchev–Trinajstić information content (AvgIpc) is 2.58. The topological polar surface area (TPSA) is 90.3 Å². The second-order valence-corrected chi connectivity index (χ2v) is 5.63. The fourth-order valence-corrected chi connectivity index (χ4v) is 2.89. The molecular weight excluding hydrogens is 306 g/mol. The Kier molecular flexibility index (Phi) is 3.78. The van der Waals surface area contributed by atoms with E-state index in [1.54, 1.807) is 32.4 Å². The van der Waals surface area contributed by atoms with Crippen LogP contribution in [0.3, 0.4) is 0 Å². The molecule has 0 spiro atoms. The smallest absolute Gasteiger partial charge is 0.258 e. The van der Waals surface area contributed by atoms with Gasteiger partial charge in [-0.15, -0.1) is 0 Å². The number of benzene rings is 1. The molecule has 0 fully saturated rings. The van der Waals surface area contributed by atoms with Crippen molar-refractivity contribution in [3.05, 3.63) is 69.0 Å². The third-order valence-corrected chi connectivity index (χ3v) is 4.28. The molecule has 0 radical (unpaired) electrons. The summed E-state index contributed by atoms with van der Waals surface area (Å²) in [6.07, 6.45) is 0. The summed E-state index contributed by atoms with van der Waals surface area (Å²) in [6, 6.07) is 11.1. The number of nitriles is 1. The average molecular weight is 323 g/mol. The van der Waals surface area contributed by atoms with Gasteiger partial charge in [-0.1, -0.05) is 12.1 Å². The zero-order chi connectivity index (χ0) is 17.4. The minimum absolute atomic E-state index is 0.0190.